The van der Waals surface area contributed by atoms with Crippen LogP contribution in [0.2, 0.25) is 0 Å². The second kappa shape index (κ2) is 12.0. The van der Waals surface area contributed by atoms with E-state index in [2.05, 4.69) is 15.8 Å². The second-order valence-electron chi connectivity index (χ2n) is 6.86. The van der Waals surface area contributed by atoms with Crippen LogP contribution in [-0.4, -0.2) is 37.3 Å². The van der Waals surface area contributed by atoms with E-state index in [0.29, 0.717) is 24.7 Å². The van der Waals surface area contributed by atoms with Gasteiger partial charge >= 0.3 is 0 Å². The van der Waals surface area contributed by atoms with E-state index in [1.54, 1.807) is 6.07 Å². The van der Waals surface area contributed by atoms with E-state index in [-0.39, 0.29) is 18.4 Å². The van der Waals surface area contributed by atoms with Crippen LogP contribution in [0.3, 0.4) is 0 Å². The van der Waals surface area contributed by atoms with Gasteiger partial charge in [0.15, 0.2) is 11.5 Å². The van der Waals surface area contributed by atoms with Gasteiger partial charge in [-0.1, -0.05) is 26.2 Å². The molecular weight excluding hydrogens is 358 g/mol. The molecule has 2 N–H and O–H groups in total. The van der Waals surface area contributed by atoms with Crippen LogP contribution in [0, 0.1) is 0 Å². The Bertz CT molecular complexity index is 670. The number of carbonyl (C=O) groups is 2. The maximum Gasteiger partial charge on any atom is 0.249 e. The van der Waals surface area contributed by atoms with Gasteiger partial charge in [-0.25, -0.2) is 5.43 Å². The first-order valence-corrected chi connectivity index (χ1v) is 10.1. The van der Waals surface area contributed by atoms with Crippen LogP contribution in [0.5, 0.6) is 11.5 Å². The molecule has 1 aromatic carbocycles. The minimum Gasteiger partial charge on any atom is -0.490 e. The molecule has 2 rings (SSSR count). The van der Waals surface area contributed by atoms with Crippen molar-refractivity contribution >= 4 is 18.0 Å². The smallest absolute Gasteiger partial charge is 0.249 e. The van der Waals surface area contributed by atoms with Gasteiger partial charge in [-0.3, -0.25) is 9.59 Å². The van der Waals surface area contributed by atoms with Crippen molar-refractivity contribution in [3.63, 3.8) is 0 Å². The molecule has 0 unspecified atom stereocenters. The molecule has 0 atom stereocenters. The zero-order valence-corrected chi connectivity index (χ0v) is 16.8. The van der Waals surface area contributed by atoms with E-state index in [9.17, 15) is 9.59 Å². The fourth-order valence-corrected chi connectivity index (χ4v) is 3.09. The lowest BCUT2D eigenvalue weighted by Gasteiger charge is -2.22. The molecular formula is C21H31N3O4. The summed E-state index contributed by atoms with van der Waals surface area (Å²) in [6.45, 7) is 5.09. The normalized spacial score (nSPS) is 14.6. The summed E-state index contributed by atoms with van der Waals surface area (Å²) in [6.07, 6.45) is 7.68. The summed E-state index contributed by atoms with van der Waals surface area (Å²) < 4.78 is 11.3. The van der Waals surface area contributed by atoms with Gasteiger partial charge in [-0.15, -0.1) is 0 Å². The Morgan fingerprint density at radius 1 is 1.11 bits per heavy atom. The standard InChI is InChI=1S/C21H31N3O4/c1-3-12-28-18-11-10-16(13-19(18)27-4-2)15-22-24-21(26)14-20(25)23-17-8-6-5-7-9-17/h10-11,13,15,17H,3-9,12,14H2,1-2H3,(H,23,25)(H,24,26)/b22-15+. The Labute approximate surface area is 166 Å². The molecule has 0 saturated heterocycles. The Morgan fingerprint density at radius 2 is 1.89 bits per heavy atom. The van der Waals surface area contributed by atoms with Crippen LogP contribution in [0.4, 0.5) is 0 Å². The third-order valence-corrected chi connectivity index (χ3v) is 4.42. The first kappa shape index (κ1) is 21.7. The maximum absolute atomic E-state index is 11.9. The highest BCUT2D eigenvalue weighted by molar-refractivity contribution is 5.97. The molecule has 0 heterocycles. The molecule has 0 bridgehead atoms. The van der Waals surface area contributed by atoms with Crippen molar-refractivity contribution < 1.29 is 19.1 Å². The molecule has 1 aromatic rings. The Kier molecular flexibility index (Phi) is 9.31. The lowest BCUT2D eigenvalue weighted by atomic mass is 9.95. The van der Waals surface area contributed by atoms with Crippen LogP contribution >= 0.6 is 0 Å². The van der Waals surface area contributed by atoms with Gasteiger partial charge in [0.1, 0.15) is 6.42 Å². The van der Waals surface area contributed by atoms with Crippen LogP contribution < -0.4 is 20.2 Å². The van der Waals surface area contributed by atoms with Crippen molar-refractivity contribution in [3.8, 4) is 11.5 Å². The topological polar surface area (TPSA) is 89.0 Å². The molecule has 2 amide bonds. The van der Waals surface area contributed by atoms with E-state index < -0.39 is 5.91 Å². The van der Waals surface area contributed by atoms with Gasteiger partial charge in [0.05, 0.1) is 19.4 Å². The van der Waals surface area contributed by atoms with Gasteiger partial charge in [-0.2, -0.15) is 5.10 Å². The lowest BCUT2D eigenvalue weighted by Crippen LogP contribution is -2.38. The van der Waals surface area contributed by atoms with Crippen molar-refractivity contribution in [2.24, 2.45) is 5.10 Å². The number of rotatable bonds is 10. The molecule has 1 aliphatic rings. The van der Waals surface area contributed by atoms with E-state index in [1.807, 2.05) is 26.0 Å². The van der Waals surface area contributed by atoms with E-state index in [1.165, 1.54) is 12.6 Å². The van der Waals surface area contributed by atoms with E-state index in [0.717, 1.165) is 37.7 Å². The van der Waals surface area contributed by atoms with Crippen LogP contribution in [0.1, 0.15) is 64.4 Å². The highest BCUT2D eigenvalue weighted by Gasteiger charge is 2.17. The summed E-state index contributed by atoms with van der Waals surface area (Å²) in [5, 5.41) is 6.85. The second-order valence-corrected chi connectivity index (χ2v) is 6.86. The third kappa shape index (κ3) is 7.58. The SMILES string of the molecule is CCCOc1ccc(/C=N/NC(=O)CC(=O)NC2CCCCC2)cc1OCC. The van der Waals surface area contributed by atoms with E-state index in [4.69, 9.17) is 9.47 Å². The number of benzene rings is 1. The largest absolute Gasteiger partial charge is 0.490 e. The molecule has 7 nitrogen and oxygen atoms in total. The molecule has 28 heavy (non-hydrogen) atoms. The average Bonchev–Trinajstić information content (AvgIpc) is 2.68. The molecule has 0 aliphatic heterocycles. The third-order valence-electron chi connectivity index (χ3n) is 4.42. The van der Waals surface area contributed by atoms with Gasteiger partial charge < -0.3 is 14.8 Å². The zero-order valence-electron chi connectivity index (χ0n) is 16.8. The van der Waals surface area contributed by atoms with Crippen molar-refractivity contribution in [1.29, 1.82) is 0 Å². The molecule has 0 spiro atoms. The minimum absolute atomic E-state index is 0.197. The molecule has 0 radical (unpaired) electrons. The Morgan fingerprint density at radius 3 is 2.61 bits per heavy atom. The quantitative estimate of drug-likeness (QED) is 0.365. The molecule has 1 fully saturated rings. The Balaban J connectivity index is 1.82. The first-order valence-electron chi connectivity index (χ1n) is 10.1. The summed E-state index contributed by atoms with van der Waals surface area (Å²) in [5.74, 6) is 0.635. The molecule has 1 saturated carbocycles. The number of hydrogen-bond acceptors (Lipinski definition) is 5. The van der Waals surface area contributed by atoms with Gasteiger partial charge in [0.2, 0.25) is 11.8 Å². The van der Waals surface area contributed by atoms with Gasteiger partial charge in [0, 0.05) is 6.04 Å². The number of amides is 2. The number of hydrazone groups is 1. The monoisotopic (exact) mass is 389 g/mol. The van der Waals surface area contributed by atoms with Crippen LogP contribution in [0.15, 0.2) is 23.3 Å². The highest BCUT2D eigenvalue weighted by Crippen LogP contribution is 2.28. The zero-order chi connectivity index (χ0) is 20.2. The average molecular weight is 389 g/mol. The predicted octanol–water partition coefficient (Wildman–Crippen LogP) is 3.16. The fraction of sp³-hybridized carbons (Fsp3) is 0.571. The number of carbonyl (C=O) groups excluding carboxylic acids is 2. The van der Waals surface area contributed by atoms with Crippen molar-refractivity contribution in [2.75, 3.05) is 13.2 Å². The number of ether oxygens (including phenoxy) is 2. The summed E-state index contributed by atoms with van der Waals surface area (Å²) in [6, 6.07) is 5.66. The van der Waals surface area contributed by atoms with Crippen LogP contribution in [-0.2, 0) is 9.59 Å². The fourth-order valence-electron chi connectivity index (χ4n) is 3.09. The van der Waals surface area contributed by atoms with Gasteiger partial charge in [-0.05, 0) is 49.9 Å². The molecule has 7 heteroatoms. The first-order chi connectivity index (χ1) is 13.6. The van der Waals surface area contributed by atoms with Gasteiger partial charge in [0.25, 0.3) is 0 Å². The summed E-state index contributed by atoms with van der Waals surface area (Å²) in [7, 11) is 0. The Hall–Kier alpha value is -2.57. The highest BCUT2D eigenvalue weighted by atomic mass is 16.5. The number of nitrogens with one attached hydrogen (secondary N) is 2. The lowest BCUT2D eigenvalue weighted by molar-refractivity contribution is -0.129. The van der Waals surface area contributed by atoms with E-state index >= 15 is 0 Å². The van der Waals surface area contributed by atoms with Crippen molar-refractivity contribution in [2.45, 2.75) is 64.8 Å². The summed E-state index contributed by atoms with van der Waals surface area (Å²) in [4.78, 5) is 23.8. The summed E-state index contributed by atoms with van der Waals surface area (Å²) >= 11 is 0. The summed E-state index contributed by atoms with van der Waals surface area (Å²) in [5.41, 5.74) is 3.16. The molecule has 0 aromatic heterocycles. The van der Waals surface area contributed by atoms with Crippen LogP contribution in [0.25, 0.3) is 0 Å². The van der Waals surface area contributed by atoms with Crippen molar-refractivity contribution in [1.82, 2.24) is 10.7 Å². The maximum atomic E-state index is 11.9. The van der Waals surface area contributed by atoms with Crippen molar-refractivity contribution in [3.05, 3.63) is 23.8 Å². The number of hydrogen-bond donors (Lipinski definition) is 2. The minimum atomic E-state index is -0.433. The molecule has 1 aliphatic carbocycles. The molecule has 154 valence electrons. The number of nitrogens with zero attached hydrogens (tertiary/aromatic N) is 1. The predicted molar refractivity (Wildman–Crippen MR) is 109 cm³/mol.